The first kappa shape index (κ1) is 16.2. The average Bonchev–Trinajstić information content (AvgIpc) is 2.63. The molecule has 0 heterocycles. The number of nitrogens with zero attached hydrogens (tertiary/aromatic N) is 1. The fraction of sp³-hybridized carbons (Fsp3) is 0. The van der Waals surface area contributed by atoms with Gasteiger partial charge in [-0.2, -0.15) is 0 Å². The molecular weight excluding hydrogens is 322 g/mol. The van der Waals surface area contributed by atoms with Gasteiger partial charge in [-0.05, 0) is 41.5 Å². The first-order valence-corrected chi connectivity index (χ1v) is 7.39. The Hall–Kier alpha value is -3.67. The van der Waals surface area contributed by atoms with Gasteiger partial charge in [0.1, 0.15) is 5.75 Å². The third-order valence-electron chi connectivity index (χ3n) is 3.58. The summed E-state index contributed by atoms with van der Waals surface area (Å²) >= 11 is 0. The second-order valence-electron chi connectivity index (χ2n) is 5.24. The summed E-state index contributed by atoms with van der Waals surface area (Å²) < 4.78 is 5.29. The van der Waals surface area contributed by atoms with Crippen molar-refractivity contribution in [1.82, 2.24) is 0 Å². The molecule has 25 heavy (non-hydrogen) atoms. The molecule has 6 nitrogen and oxygen atoms in total. The molecule has 0 fully saturated rings. The van der Waals surface area contributed by atoms with Gasteiger partial charge in [0.05, 0.1) is 10.5 Å². The van der Waals surface area contributed by atoms with Gasteiger partial charge in [-0.1, -0.05) is 36.4 Å². The maximum atomic E-state index is 12.0. The van der Waals surface area contributed by atoms with Gasteiger partial charge in [0.15, 0.2) is 5.75 Å². The minimum absolute atomic E-state index is 0.364. The van der Waals surface area contributed by atoms with Crippen LogP contribution >= 0.6 is 0 Å². The highest BCUT2D eigenvalue weighted by molar-refractivity contribution is 5.91. The predicted octanol–water partition coefficient (Wildman–Crippen LogP) is 4.19. The van der Waals surface area contributed by atoms with E-state index < -0.39 is 10.9 Å². The Kier molecular flexibility index (Phi) is 4.43. The summed E-state index contributed by atoms with van der Waals surface area (Å²) in [6, 6.07) is 19.3. The molecule has 0 atom stereocenters. The monoisotopic (exact) mass is 335 g/mol. The molecule has 0 amide bonds. The van der Waals surface area contributed by atoms with E-state index in [0.29, 0.717) is 22.4 Å². The van der Waals surface area contributed by atoms with E-state index in [4.69, 9.17) is 4.74 Å². The second-order valence-corrected chi connectivity index (χ2v) is 5.24. The molecule has 0 aliphatic rings. The SMILES string of the molecule is O=C(Oc1ccc(-c2ccc(O)c([N+](=O)[O-])c2)cc1)c1ccccc1. The van der Waals surface area contributed by atoms with E-state index >= 15 is 0 Å². The van der Waals surface area contributed by atoms with Crippen LogP contribution in [0.25, 0.3) is 11.1 Å². The molecule has 0 aliphatic heterocycles. The molecule has 0 saturated carbocycles. The summed E-state index contributed by atoms with van der Waals surface area (Å²) in [6.45, 7) is 0. The Morgan fingerprint density at radius 2 is 1.56 bits per heavy atom. The summed E-state index contributed by atoms with van der Waals surface area (Å²) in [5.41, 5.74) is 1.35. The first-order chi connectivity index (χ1) is 12.0. The van der Waals surface area contributed by atoms with Crippen molar-refractivity contribution in [3.63, 3.8) is 0 Å². The highest BCUT2D eigenvalue weighted by atomic mass is 16.6. The molecule has 0 aromatic heterocycles. The van der Waals surface area contributed by atoms with Crippen molar-refractivity contribution < 1.29 is 19.6 Å². The van der Waals surface area contributed by atoms with Crippen LogP contribution in [0, 0.1) is 10.1 Å². The van der Waals surface area contributed by atoms with Gasteiger partial charge < -0.3 is 9.84 Å². The number of phenolic OH excluding ortho intramolecular Hbond substituents is 1. The molecule has 0 radical (unpaired) electrons. The van der Waals surface area contributed by atoms with E-state index in [1.54, 1.807) is 54.6 Å². The highest BCUT2D eigenvalue weighted by Crippen LogP contribution is 2.32. The summed E-state index contributed by atoms with van der Waals surface area (Å²) in [7, 11) is 0. The molecule has 3 aromatic rings. The fourth-order valence-electron chi connectivity index (χ4n) is 2.30. The number of hydrogen-bond acceptors (Lipinski definition) is 5. The molecule has 3 aromatic carbocycles. The number of aromatic hydroxyl groups is 1. The van der Waals surface area contributed by atoms with E-state index in [1.165, 1.54) is 12.1 Å². The van der Waals surface area contributed by atoms with Crippen molar-refractivity contribution in [2.24, 2.45) is 0 Å². The Balaban J connectivity index is 1.80. The predicted molar refractivity (Wildman–Crippen MR) is 91.6 cm³/mol. The maximum absolute atomic E-state index is 12.0. The lowest BCUT2D eigenvalue weighted by Crippen LogP contribution is -2.07. The van der Waals surface area contributed by atoms with E-state index in [0.717, 1.165) is 0 Å². The van der Waals surface area contributed by atoms with Gasteiger partial charge in [-0.3, -0.25) is 10.1 Å². The van der Waals surface area contributed by atoms with Crippen LogP contribution in [0.5, 0.6) is 11.5 Å². The number of rotatable bonds is 4. The molecule has 3 rings (SSSR count). The number of benzene rings is 3. The molecule has 0 unspecified atom stereocenters. The van der Waals surface area contributed by atoms with Crippen molar-refractivity contribution in [2.75, 3.05) is 0 Å². The van der Waals surface area contributed by atoms with E-state index in [1.807, 2.05) is 6.07 Å². The number of ether oxygens (including phenoxy) is 1. The number of esters is 1. The zero-order valence-electron chi connectivity index (χ0n) is 13.0. The lowest BCUT2D eigenvalue weighted by Gasteiger charge is -2.06. The second kappa shape index (κ2) is 6.84. The summed E-state index contributed by atoms with van der Waals surface area (Å²) in [5, 5.41) is 20.4. The van der Waals surface area contributed by atoms with Crippen molar-refractivity contribution in [3.05, 3.63) is 88.5 Å². The third-order valence-corrected chi connectivity index (χ3v) is 3.58. The molecule has 0 saturated heterocycles. The van der Waals surface area contributed by atoms with E-state index in [2.05, 4.69) is 0 Å². The normalized spacial score (nSPS) is 10.2. The number of phenols is 1. The minimum atomic E-state index is -0.644. The topological polar surface area (TPSA) is 89.7 Å². The van der Waals surface area contributed by atoms with Crippen molar-refractivity contribution in [1.29, 1.82) is 0 Å². The van der Waals surface area contributed by atoms with Crippen LogP contribution in [0.4, 0.5) is 5.69 Å². The van der Waals surface area contributed by atoms with Crippen LogP contribution in [-0.2, 0) is 0 Å². The van der Waals surface area contributed by atoms with Gasteiger partial charge >= 0.3 is 11.7 Å². The van der Waals surface area contributed by atoms with Crippen LogP contribution in [0.3, 0.4) is 0 Å². The smallest absolute Gasteiger partial charge is 0.343 e. The first-order valence-electron chi connectivity index (χ1n) is 7.39. The maximum Gasteiger partial charge on any atom is 0.343 e. The van der Waals surface area contributed by atoms with Gasteiger partial charge in [0, 0.05) is 6.07 Å². The van der Waals surface area contributed by atoms with Gasteiger partial charge in [-0.15, -0.1) is 0 Å². The third kappa shape index (κ3) is 3.64. The standard InChI is InChI=1S/C19H13NO5/c21-18-11-8-15(12-17(18)20(23)24)13-6-9-16(10-7-13)25-19(22)14-4-2-1-3-5-14/h1-12,21H. The largest absolute Gasteiger partial charge is 0.502 e. The Morgan fingerprint density at radius 3 is 2.20 bits per heavy atom. The zero-order chi connectivity index (χ0) is 17.8. The van der Waals surface area contributed by atoms with Gasteiger partial charge in [-0.25, -0.2) is 4.79 Å². The Labute approximate surface area is 143 Å². The number of carbonyl (C=O) groups excluding carboxylic acids is 1. The Morgan fingerprint density at radius 1 is 0.920 bits per heavy atom. The lowest BCUT2D eigenvalue weighted by molar-refractivity contribution is -0.385. The summed E-state index contributed by atoms with van der Waals surface area (Å²) in [6.07, 6.45) is 0. The lowest BCUT2D eigenvalue weighted by atomic mass is 10.0. The van der Waals surface area contributed by atoms with Crippen LogP contribution in [0.1, 0.15) is 10.4 Å². The van der Waals surface area contributed by atoms with Crippen molar-refractivity contribution in [2.45, 2.75) is 0 Å². The molecule has 0 spiro atoms. The van der Waals surface area contributed by atoms with Crippen LogP contribution in [0.2, 0.25) is 0 Å². The van der Waals surface area contributed by atoms with Crippen LogP contribution in [-0.4, -0.2) is 16.0 Å². The minimum Gasteiger partial charge on any atom is -0.502 e. The van der Waals surface area contributed by atoms with Crippen molar-refractivity contribution in [3.8, 4) is 22.6 Å². The summed E-state index contributed by atoms with van der Waals surface area (Å²) in [4.78, 5) is 22.3. The quantitative estimate of drug-likeness (QED) is 0.334. The number of nitro benzene ring substituents is 1. The van der Waals surface area contributed by atoms with E-state index in [9.17, 15) is 20.0 Å². The van der Waals surface area contributed by atoms with E-state index in [-0.39, 0.29) is 11.4 Å². The molecule has 1 N–H and O–H groups in total. The number of carbonyl (C=O) groups is 1. The molecule has 124 valence electrons. The average molecular weight is 335 g/mol. The van der Waals surface area contributed by atoms with Gasteiger partial charge in [0.25, 0.3) is 0 Å². The summed E-state index contributed by atoms with van der Waals surface area (Å²) in [5.74, 6) is -0.485. The van der Waals surface area contributed by atoms with Gasteiger partial charge in [0.2, 0.25) is 0 Å². The van der Waals surface area contributed by atoms with Crippen LogP contribution in [0.15, 0.2) is 72.8 Å². The number of nitro groups is 1. The van der Waals surface area contributed by atoms with Crippen molar-refractivity contribution >= 4 is 11.7 Å². The zero-order valence-corrected chi connectivity index (χ0v) is 13.0. The molecule has 6 heteroatoms. The number of hydrogen-bond donors (Lipinski definition) is 1. The molecule has 0 bridgehead atoms. The molecular formula is C19H13NO5. The van der Waals surface area contributed by atoms with Crippen LogP contribution < -0.4 is 4.74 Å². The Bertz CT molecular complexity index is 920. The highest BCUT2D eigenvalue weighted by Gasteiger charge is 2.14. The fourth-order valence-corrected chi connectivity index (χ4v) is 2.30. The molecule has 0 aliphatic carbocycles.